The first-order valence-corrected chi connectivity index (χ1v) is 6.10. The molecule has 2 rings (SSSR count). The van der Waals surface area contributed by atoms with E-state index in [1.807, 2.05) is 0 Å². The van der Waals surface area contributed by atoms with Crippen LogP contribution >= 0.6 is 27.5 Å². The highest BCUT2D eigenvalue weighted by Gasteiger charge is 2.15. The molecule has 0 atom stereocenters. The lowest BCUT2D eigenvalue weighted by Crippen LogP contribution is -1.92. The van der Waals surface area contributed by atoms with Crippen LogP contribution in [0.2, 0.25) is 5.02 Å². The van der Waals surface area contributed by atoms with Crippen molar-refractivity contribution in [3.63, 3.8) is 0 Å². The molecule has 0 bridgehead atoms. The molecular weight excluding hydrogens is 325 g/mol. The van der Waals surface area contributed by atoms with E-state index in [0.717, 1.165) is 6.07 Å². The SMILES string of the molecule is O=Cc1ccc(-c2c(F)ccc(Br)c2F)cc1Cl. The van der Waals surface area contributed by atoms with Crippen LogP contribution in [-0.2, 0) is 0 Å². The van der Waals surface area contributed by atoms with E-state index in [0.29, 0.717) is 6.29 Å². The fraction of sp³-hybridized carbons (Fsp3) is 0. The molecule has 0 aromatic heterocycles. The third-order valence-electron chi connectivity index (χ3n) is 2.46. The van der Waals surface area contributed by atoms with Gasteiger partial charge < -0.3 is 0 Å². The highest BCUT2D eigenvalue weighted by molar-refractivity contribution is 9.10. The third-order valence-corrected chi connectivity index (χ3v) is 3.40. The quantitative estimate of drug-likeness (QED) is 0.567. The van der Waals surface area contributed by atoms with Crippen molar-refractivity contribution in [2.24, 2.45) is 0 Å². The van der Waals surface area contributed by atoms with Crippen molar-refractivity contribution < 1.29 is 13.6 Å². The number of halogens is 4. The first-order valence-electron chi connectivity index (χ1n) is 4.93. The number of rotatable bonds is 2. The molecule has 92 valence electrons. The van der Waals surface area contributed by atoms with Gasteiger partial charge in [-0.3, -0.25) is 4.79 Å². The van der Waals surface area contributed by atoms with Crippen LogP contribution in [0.1, 0.15) is 10.4 Å². The average molecular weight is 332 g/mol. The second-order valence-electron chi connectivity index (χ2n) is 3.57. The Morgan fingerprint density at radius 2 is 1.89 bits per heavy atom. The molecule has 0 aliphatic heterocycles. The van der Waals surface area contributed by atoms with Gasteiger partial charge in [-0.2, -0.15) is 0 Å². The number of carbonyl (C=O) groups is 1. The third kappa shape index (κ3) is 2.31. The standard InChI is InChI=1S/C13H6BrClF2O/c14-9-3-4-11(16)12(13(9)17)7-1-2-8(6-18)10(15)5-7/h1-6H. The summed E-state index contributed by atoms with van der Waals surface area (Å²) in [7, 11) is 0. The molecule has 0 spiro atoms. The molecule has 0 saturated heterocycles. The van der Waals surface area contributed by atoms with Crippen LogP contribution in [0.15, 0.2) is 34.8 Å². The summed E-state index contributed by atoms with van der Waals surface area (Å²) in [5.74, 6) is -1.39. The Bertz CT molecular complexity index is 629. The van der Waals surface area contributed by atoms with E-state index in [2.05, 4.69) is 15.9 Å². The molecule has 2 aromatic carbocycles. The van der Waals surface area contributed by atoms with E-state index < -0.39 is 11.6 Å². The van der Waals surface area contributed by atoms with Gasteiger partial charge in [-0.25, -0.2) is 8.78 Å². The highest BCUT2D eigenvalue weighted by atomic mass is 79.9. The first kappa shape index (κ1) is 13.2. The van der Waals surface area contributed by atoms with Crippen molar-refractivity contribution in [2.45, 2.75) is 0 Å². The zero-order chi connectivity index (χ0) is 13.3. The number of hydrogen-bond acceptors (Lipinski definition) is 1. The molecule has 18 heavy (non-hydrogen) atoms. The summed E-state index contributed by atoms with van der Waals surface area (Å²) >= 11 is 8.83. The molecule has 0 fully saturated rings. The molecule has 0 heterocycles. The Morgan fingerprint density at radius 1 is 1.17 bits per heavy atom. The second-order valence-corrected chi connectivity index (χ2v) is 4.83. The van der Waals surface area contributed by atoms with Crippen LogP contribution in [0.4, 0.5) is 8.78 Å². The van der Waals surface area contributed by atoms with Crippen molar-refractivity contribution in [3.8, 4) is 11.1 Å². The molecule has 0 amide bonds. The number of carbonyl (C=O) groups excluding carboxylic acids is 1. The smallest absolute Gasteiger partial charge is 0.151 e. The van der Waals surface area contributed by atoms with Crippen molar-refractivity contribution in [3.05, 3.63) is 57.0 Å². The maximum absolute atomic E-state index is 13.9. The van der Waals surface area contributed by atoms with Gasteiger partial charge in [0.2, 0.25) is 0 Å². The van der Waals surface area contributed by atoms with Crippen molar-refractivity contribution in [1.29, 1.82) is 0 Å². The summed E-state index contributed by atoms with van der Waals surface area (Å²) in [6.07, 6.45) is 0.583. The summed E-state index contributed by atoms with van der Waals surface area (Å²) < 4.78 is 27.7. The second kappa shape index (κ2) is 5.16. The van der Waals surface area contributed by atoms with Gasteiger partial charge in [-0.15, -0.1) is 0 Å². The Labute approximate surface area is 116 Å². The van der Waals surface area contributed by atoms with Crippen LogP contribution in [0, 0.1) is 11.6 Å². The Morgan fingerprint density at radius 3 is 2.50 bits per heavy atom. The fourth-order valence-electron chi connectivity index (χ4n) is 1.57. The van der Waals surface area contributed by atoms with E-state index >= 15 is 0 Å². The van der Waals surface area contributed by atoms with Crippen molar-refractivity contribution in [2.75, 3.05) is 0 Å². The number of hydrogen-bond donors (Lipinski definition) is 0. The van der Waals surface area contributed by atoms with Gasteiger partial charge in [0.05, 0.1) is 15.1 Å². The fourth-order valence-corrected chi connectivity index (χ4v) is 2.13. The topological polar surface area (TPSA) is 17.1 Å². The minimum absolute atomic E-state index is 0.154. The van der Waals surface area contributed by atoms with E-state index in [-0.39, 0.29) is 26.2 Å². The Kier molecular flexibility index (Phi) is 3.78. The van der Waals surface area contributed by atoms with Gasteiger partial charge in [0.1, 0.15) is 11.6 Å². The molecule has 0 unspecified atom stereocenters. The molecule has 0 radical (unpaired) electrons. The van der Waals surface area contributed by atoms with Crippen LogP contribution in [0.3, 0.4) is 0 Å². The van der Waals surface area contributed by atoms with E-state index in [1.54, 1.807) is 0 Å². The summed E-state index contributed by atoms with van der Waals surface area (Å²) in [4.78, 5) is 10.6. The molecule has 0 aliphatic rings. The number of aldehydes is 1. The van der Waals surface area contributed by atoms with Gasteiger partial charge >= 0.3 is 0 Å². The summed E-state index contributed by atoms with van der Waals surface area (Å²) in [6, 6.07) is 6.67. The monoisotopic (exact) mass is 330 g/mol. The molecule has 1 nitrogen and oxygen atoms in total. The van der Waals surface area contributed by atoms with Crippen LogP contribution < -0.4 is 0 Å². The van der Waals surface area contributed by atoms with E-state index in [9.17, 15) is 13.6 Å². The predicted molar refractivity (Wildman–Crippen MR) is 69.9 cm³/mol. The van der Waals surface area contributed by atoms with Crippen molar-refractivity contribution in [1.82, 2.24) is 0 Å². The molecular formula is C13H6BrClF2O. The van der Waals surface area contributed by atoms with E-state index in [1.165, 1.54) is 24.3 Å². The largest absolute Gasteiger partial charge is 0.298 e. The zero-order valence-corrected chi connectivity index (χ0v) is 11.2. The normalized spacial score (nSPS) is 10.4. The molecule has 0 aliphatic carbocycles. The Hall–Kier alpha value is -1.26. The summed E-state index contributed by atoms with van der Waals surface area (Å²) in [5, 5.41) is 0.154. The van der Waals surface area contributed by atoms with Crippen LogP contribution in [0.5, 0.6) is 0 Å². The lowest BCUT2D eigenvalue weighted by atomic mass is 10.0. The van der Waals surface area contributed by atoms with Gasteiger partial charge in [-0.05, 0) is 45.8 Å². The first-order chi connectivity index (χ1) is 8.54. The van der Waals surface area contributed by atoms with Gasteiger partial charge in [0, 0.05) is 5.56 Å². The minimum atomic E-state index is -0.704. The minimum Gasteiger partial charge on any atom is -0.298 e. The molecule has 0 saturated carbocycles. The molecule has 5 heteroatoms. The van der Waals surface area contributed by atoms with Gasteiger partial charge in [-0.1, -0.05) is 17.7 Å². The summed E-state index contributed by atoms with van der Waals surface area (Å²) in [6.45, 7) is 0. The lowest BCUT2D eigenvalue weighted by molar-refractivity contribution is 0.112. The van der Waals surface area contributed by atoms with Crippen molar-refractivity contribution >= 4 is 33.8 Å². The summed E-state index contributed by atoms with van der Waals surface area (Å²) in [5.41, 5.74) is 0.377. The van der Waals surface area contributed by atoms with Crippen LogP contribution in [-0.4, -0.2) is 6.29 Å². The van der Waals surface area contributed by atoms with E-state index in [4.69, 9.17) is 11.6 Å². The maximum atomic E-state index is 13.9. The molecule has 2 aromatic rings. The lowest BCUT2D eigenvalue weighted by Gasteiger charge is -2.08. The average Bonchev–Trinajstić information content (AvgIpc) is 2.35. The number of benzene rings is 2. The van der Waals surface area contributed by atoms with Gasteiger partial charge in [0.15, 0.2) is 6.29 Å². The Balaban J connectivity index is 2.66. The maximum Gasteiger partial charge on any atom is 0.151 e. The van der Waals surface area contributed by atoms with Gasteiger partial charge in [0.25, 0.3) is 0 Å². The van der Waals surface area contributed by atoms with Crippen LogP contribution in [0.25, 0.3) is 11.1 Å². The predicted octanol–water partition coefficient (Wildman–Crippen LogP) is 4.86. The highest BCUT2D eigenvalue weighted by Crippen LogP contribution is 2.32. The zero-order valence-electron chi connectivity index (χ0n) is 8.88. The molecule has 0 N–H and O–H groups in total.